The van der Waals surface area contributed by atoms with E-state index in [0.717, 1.165) is 23.4 Å². The second-order valence-electron chi connectivity index (χ2n) is 7.44. The quantitative estimate of drug-likeness (QED) is 0.138. The summed E-state index contributed by atoms with van der Waals surface area (Å²) in [5, 5.41) is 6.54. The number of amidine groups is 1. The first-order chi connectivity index (χ1) is 15.5. The van der Waals surface area contributed by atoms with E-state index in [1.165, 1.54) is 5.56 Å². The van der Waals surface area contributed by atoms with Crippen LogP contribution in [0.4, 0.5) is 0 Å². The number of aryl methyl sites for hydroxylation is 1. The molecule has 0 fully saturated rings. The average Bonchev–Trinajstić information content (AvgIpc) is 3.25. The van der Waals surface area contributed by atoms with Crippen molar-refractivity contribution >= 4 is 5.84 Å². The third-order valence-corrected chi connectivity index (χ3v) is 4.95. The molecule has 0 saturated carbocycles. The van der Waals surface area contributed by atoms with Crippen LogP contribution in [-0.4, -0.2) is 25.0 Å². The topological polar surface area (TPSA) is 72.3 Å². The molecule has 1 aliphatic rings. The van der Waals surface area contributed by atoms with Gasteiger partial charge in [0.2, 0.25) is 0 Å². The number of nitroso groups, excluding NO2 is 1. The van der Waals surface area contributed by atoms with Crippen LogP contribution >= 0.6 is 0 Å². The molecule has 6 heteroatoms. The molecule has 2 rings (SSSR count). The lowest BCUT2D eigenvalue weighted by atomic mass is 9.98. The Morgan fingerprint density at radius 2 is 2.00 bits per heavy atom. The lowest BCUT2D eigenvalue weighted by molar-refractivity contribution is 0.146. The van der Waals surface area contributed by atoms with Gasteiger partial charge in [0.15, 0.2) is 11.5 Å². The highest BCUT2D eigenvalue weighted by atomic mass is 16.5. The maximum atomic E-state index is 11.9. The first-order valence-electron chi connectivity index (χ1n) is 10.8. The normalized spacial score (nSPS) is 16.5. The fourth-order valence-electron chi connectivity index (χ4n) is 3.25. The molecule has 0 bridgehead atoms. The highest BCUT2D eigenvalue weighted by Gasteiger charge is 2.27. The Balaban J connectivity index is 2.26. The maximum absolute atomic E-state index is 11.9. The Kier molecular flexibility index (Phi) is 10.2. The number of ether oxygens (including phenoxy) is 2. The summed E-state index contributed by atoms with van der Waals surface area (Å²) in [5.41, 5.74) is 3.74. The van der Waals surface area contributed by atoms with Gasteiger partial charge < -0.3 is 14.8 Å². The maximum Gasteiger partial charge on any atom is 0.162 e. The number of nitrogens with zero attached hydrogens (tertiary/aromatic N) is 2. The van der Waals surface area contributed by atoms with Crippen LogP contribution in [0.5, 0.6) is 0 Å². The van der Waals surface area contributed by atoms with E-state index in [1.807, 2.05) is 51.1 Å². The summed E-state index contributed by atoms with van der Waals surface area (Å²) >= 11 is 0. The van der Waals surface area contributed by atoms with E-state index in [4.69, 9.17) is 9.47 Å². The zero-order chi connectivity index (χ0) is 23.3. The largest absolute Gasteiger partial charge is 0.490 e. The standard InChI is InChI=1S/C26H33N3O3/c1-6-9-15-27-24-16-22(17-28-24)25(29-30)20(5)26(31-8-3)23(10-7-2)32-18-21-13-11-19(4)12-14-21/h6-7,10-14,17,25H,1-2,8-9,15-16,18H2,3-5H3,(H,27,28)/b23-10+,26-20-. The van der Waals surface area contributed by atoms with Crippen LogP contribution in [0, 0.1) is 11.8 Å². The minimum Gasteiger partial charge on any atom is -0.490 e. The van der Waals surface area contributed by atoms with E-state index in [0.29, 0.717) is 43.3 Å². The zero-order valence-electron chi connectivity index (χ0n) is 19.3. The zero-order valence-corrected chi connectivity index (χ0v) is 19.3. The molecule has 1 aliphatic heterocycles. The molecule has 0 aromatic heterocycles. The molecule has 1 aromatic rings. The Labute approximate surface area is 191 Å². The van der Waals surface area contributed by atoms with Gasteiger partial charge in [0.25, 0.3) is 0 Å². The third-order valence-electron chi connectivity index (χ3n) is 4.95. The van der Waals surface area contributed by atoms with Crippen LogP contribution < -0.4 is 5.32 Å². The monoisotopic (exact) mass is 435 g/mol. The van der Waals surface area contributed by atoms with Crippen molar-refractivity contribution in [3.63, 3.8) is 0 Å². The van der Waals surface area contributed by atoms with Gasteiger partial charge in [-0.25, -0.2) is 0 Å². The van der Waals surface area contributed by atoms with E-state index in [-0.39, 0.29) is 0 Å². The van der Waals surface area contributed by atoms with Crippen molar-refractivity contribution in [1.82, 2.24) is 5.32 Å². The Hall–Kier alpha value is -3.41. The van der Waals surface area contributed by atoms with Gasteiger partial charge in [-0.15, -0.1) is 11.5 Å². The van der Waals surface area contributed by atoms with Gasteiger partial charge in [-0.2, -0.15) is 0 Å². The molecule has 0 aliphatic carbocycles. The van der Waals surface area contributed by atoms with E-state index in [1.54, 1.807) is 18.4 Å². The summed E-state index contributed by atoms with van der Waals surface area (Å²) in [6, 6.07) is 7.44. The van der Waals surface area contributed by atoms with Crippen LogP contribution in [0.15, 0.2) is 94.7 Å². The summed E-state index contributed by atoms with van der Waals surface area (Å²) in [4.78, 5) is 16.4. The van der Waals surface area contributed by atoms with Crippen molar-refractivity contribution in [3.05, 3.63) is 101 Å². The first kappa shape index (κ1) is 24.9. The van der Waals surface area contributed by atoms with Crippen molar-refractivity contribution in [1.29, 1.82) is 0 Å². The molecular weight excluding hydrogens is 402 g/mol. The lowest BCUT2D eigenvalue weighted by Gasteiger charge is -2.20. The number of benzene rings is 1. The highest BCUT2D eigenvalue weighted by Crippen LogP contribution is 2.29. The van der Waals surface area contributed by atoms with Crippen molar-refractivity contribution in [2.45, 2.75) is 46.3 Å². The lowest BCUT2D eigenvalue weighted by Crippen LogP contribution is -2.15. The van der Waals surface area contributed by atoms with Crippen molar-refractivity contribution in [3.8, 4) is 0 Å². The second kappa shape index (κ2) is 13.1. The number of hydrogen-bond donors (Lipinski definition) is 1. The molecule has 1 aromatic carbocycles. The molecule has 0 saturated heterocycles. The fraction of sp³-hybridized carbons (Fsp3) is 0.346. The summed E-state index contributed by atoms with van der Waals surface area (Å²) in [5.74, 6) is 1.83. The van der Waals surface area contributed by atoms with Crippen molar-refractivity contribution < 1.29 is 9.47 Å². The van der Waals surface area contributed by atoms with Crippen molar-refractivity contribution in [2.75, 3.05) is 13.2 Å². The molecule has 32 heavy (non-hydrogen) atoms. The Morgan fingerprint density at radius 1 is 1.25 bits per heavy atom. The Morgan fingerprint density at radius 3 is 2.62 bits per heavy atom. The van der Waals surface area contributed by atoms with Gasteiger partial charge in [0.05, 0.1) is 6.61 Å². The molecule has 6 nitrogen and oxygen atoms in total. The predicted octanol–water partition coefficient (Wildman–Crippen LogP) is 5.88. The molecule has 0 amide bonds. The number of allylic oxidation sites excluding steroid dienone is 2. The third kappa shape index (κ3) is 7.08. The second-order valence-corrected chi connectivity index (χ2v) is 7.44. The van der Waals surface area contributed by atoms with E-state index in [2.05, 4.69) is 28.6 Å². The molecule has 1 atom stereocenters. The number of rotatable bonds is 13. The van der Waals surface area contributed by atoms with Crippen LogP contribution in [0.1, 0.15) is 37.8 Å². The first-order valence-corrected chi connectivity index (χ1v) is 10.8. The molecule has 1 unspecified atom stereocenters. The fourth-order valence-corrected chi connectivity index (χ4v) is 3.25. The summed E-state index contributed by atoms with van der Waals surface area (Å²) < 4.78 is 12.0. The highest BCUT2D eigenvalue weighted by molar-refractivity contribution is 5.88. The Bertz CT molecular complexity index is 924. The van der Waals surface area contributed by atoms with Gasteiger partial charge in [-0.1, -0.05) is 53.7 Å². The molecule has 170 valence electrons. The van der Waals surface area contributed by atoms with Crippen LogP contribution in [-0.2, 0) is 16.1 Å². The molecular formula is C26H33N3O3. The molecule has 0 spiro atoms. The van der Waals surface area contributed by atoms with Gasteiger partial charge in [0.1, 0.15) is 18.5 Å². The van der Waals surface area contributed by atoms with Crippen LogP contribution in [0.25, 0.3) is 0 Å². The van der Waals surface area contributed by atoms with E-state index >= 15 is 0 Å². The summed E-state index contributed by atoms with van der Waals surface area (Å²) in [7, 11) is 0. The minimum atomic E-state index is -0.688. The van der Waals surface area contributed by atoms with Gasteiger partial charge in [-0.3, -0.25) is 4.99 Å². The van der Waals surface area contributed by atoms with Gasteiger partial charge in [-0.05, 0) is 44.4 Å². The van der Waals surface area contributed by atoms with Crippen LogP contribution in [0.3, 0.4) is 0 Å². The number of hydrogen-bond acceptors (Lipinski definition) is 5. The predicted molar refractivity (Wildman–Crippen MR) is 131 cm³/mol. The van der Waals surface area contributed by atoms with Crippen molar-refractivity contribution in [2.24, 2.45) is 10.2 Å². The summed E-state index contributed by atoms with van der Waals surface area (Å²) in [6.45, 7) is 14.7. The molecule has 0 radical (unpaired) electrons. The number of aliphatic imine (C=N–C) groups is 1. The van der Waals surface area contributed by atoms with Gasteiger partial charge in [0, 0.05) is 24.7 Å². The van der Waals surface area contributed by atoms with Gasteiger partial charge >= 0.3 is 0 Å². The smallest absolute Gasteiger partial charge is 0.162 e. The van der Waals surface area contributed by atoms with E-state index < -0.39 is 6.04 Å². The minimum absolute atomic E-state index is 0.368. The SMILES string of the molecule is C=C/C=C(OCc1ccc(C)cc1)\C(OCC)=C(/C)C(N=O)C1=CNC(=NCCC=C)C1. The molecule has 1 heterocycles. The number of nitrogens with one attached hydrogen (secondary N) is 1. The summed E-state index contributed by atoms with van der Waals surface area (Å²) in [6.07, 6.45) is 8.35. The van der Waals surface area contributed by atoms with Crippen LogP contribution in [0.2, 0.25) is 0 Å². The van der Waals surface area contributed by atoms with E-state index in [9.17, 15) is 4.91 Å². The molecule has 1 N–H and O–H groups in total. The average molecular weight is 436 g/mol.